The molecule has 5 rings (SSSR count). The van der Waals surface area contributed by atoms with Gasteiger partial charge in [-0.2, -0.15) is 0 Å². The van der Waals surface area contributed by atoms with Crippen LogP contribution in [-0.2, 0) is 6.61 Å². The summed E-state index contributed by atoms with van der Waals surface area (Å²) in [6.45, 7) is 7.33. The van der Waals surface area contributed by atoms with E-state index in [1.54, 1.807) is 11.0 Å². The highest BCUT2D eigenvalue weighted by Crippen LogP contribution is 2.30. The number of ether oxygens (including phenoxy) is 1. The molecule has 0 spiro atoms. The molecule has 7 nitrogen and oxygen atoms in total. The molecule has 0 unspecified atom stereocenters. The number of nitrogens with one attached hydrogen (secondary N) is 1. The maximum atomic E-state index is 13.1. The van der Waals surface area contributed by atoms with Crippen LogP contribution in [0.4, 0.5) is 0 Å². The van der Waals surface area contributed by atoms with Crippen molar-refractivity contribution in [3.05, 3.63) is 93.2 Å². The zero-order valence-electron chi connectivity index (χ0n) is 20.4. The summed E-state index contributed by atoms with van der Waals surface area (Å²) in [6.07, 6.45) is 1.57. The number of amides is 1. The van der Waals surface area contributed by atoms with Crippen molar-refractivity contribution in [1.29, 1.82) is 0 Å². The van der Waals surface area contributed by atoms with Gasteiger partial charge in [0.1, 0.15) is 23.7 Å². The summed E-state index contributed by atoms with van der Waals surface area (Å²) in [4.78, 5) is 34.9. The number of benzene rings is 2. The third-order valence-electron chi connectivity index (χ3n) is 6.90. The molecule has 2 aromatic carbocycles. The Balaban J connectivity index is 1.35. The first-order valence-electron chi connectivity index (χ1n) is 12.1. The van der Waals surface area contributed by atoms with Gasteiger partial charge < -0.3 is 19.2 Å². The van der Waals surface area contributed by atoms with Crippen molar-refractivity contribution in [1.82, 2.24) is 19.4 Å². The molecule has 4 aromatic rings. The number of carbonyl (C=O) groups excluding carboxylic acids is 1. The van der Waals surface area contributed by atoms with Crippen molar-refractivity contribution in [2.45, 2.75) is 46.3 Å². The van der Waals surface area contributed by atoms with E-state index in [4.69, 9.17) is 9.72 Å². The topological polar surface area (TPSA) is 80.2 Å². The molecule has 1 fully saturated rings. The quantitative estimate of drug-likeness (QED) is 0.458. The summed E-state index contributed by atoms with van der Waals surface area (Å²) in [5, 5.41) is 0. The molecular formula is C28H30N4O3. The number of carbonyl (C=O) groups is 1. The minimum atomic E-state index is -0.323. The second-order valence-corrected chi connectivity index (χ2v) is 9.33. The number of imidazole rings is 1. The normalized spacial score (nSPS) is 14.4. The van der Waals surface area contributed by atoms with Crippen molar-refractivity contribution in [3.63, 3.8) is 0 Å². The highest BCUT2D eigenvalue weighted by Gasteiger charge is 2.28. The van der Waals surface area contributed by atoms with Crippen molar-refractivity contribution in [2.75, 3.05) is 13.1 Å². The van der Waals surface area contributed by atoms with E-state index in [1.807, 2.05) is 56.3 Å². The zero-order valence-corrected chi connectivity index (χ0v) is 20.4. The SMILES string of the molecule is Cc1ccc(OCc2nc3ccccc3n2C2CCN(C(=O)c3cc(C)c(C)[nH]c3=O)CC2)cc1. The molecule has 0 bridgehead atoms. The molecule has 0 atom stereocenters. The van der Waals surface area contributed by atoms with E-state index < -0.39 is 0 Å². The second kappa shape index (κ2) is 9.41. The molecule has 7 heteroatoms. The Hall–Kier alpha value is -3.87. The van der Waals surface area contributed by atoms with Gasteiger partial charge in [-0.1, -0.05) is 29.8 Å². The first kappa shape index (κ1) is 22.9. The largest absolute Gasteiger partial charge is 0.486 e. The summed E-state index contributed by atoms with van der Waals surface area (Å²) >= 11 is 0. The maximum Gasteiger partial charge on any atom is 0.261 e. The van der Waals surface area contributed by atoms with Gasteiger partial charge in [0.15, 0.2) is 0 Å². The number of fused-ring (bicyclic) bond motifs is 1. The number of H-pyrrole nitrogens is 1. The van der Waals surface area contributed by atoms with Gasteiger partial charge in [-0.05, 0) is 69.5 Å². The summed E-state index contributed by atoms with van der Waals surface area (Å²) < 4.78 is 8.35. The van der Waals surface area contributed by atoms with E-state index >= 15 is 0 Å². The first-order valence-corrected chi connectivity index (χ1v) is 12.1. The number of hydrogen-bond donors (Lipinski definition) is 1. The third kappa shape index (κ3) is 4.58. The number of piperidine rings is 1. The molecule has 180 valence electrons. The number of hydrogen-bond acceptors (Lipinski definition) is 4. The van der Waals surface area contributed by atoms with Gasteiger partial charge in [0, 0.05) is 24.8 Å². The Kier molecular flexibility index (Phi) is 6.16. The van der Waals surface area contributed by atoms with Gasteiger partial charge in [-0.25, -0.2) is 4.98 Å². The van der Waals surface area contributed by atoms with E-state index in [0.717, 1.165) is 46.7 Å². The van der Waals surface area contributed by atoms with Gasteiger partial charge in [0.05, 0.1) is 11.0 Å². The van der Waals surface area contributed by atoms with Crippen LogP contribution in [0, 0.1) is 20.8 Å². The molecule has 35 heavy (non-hydrogen) atoms. The monoisotopic (exact) mass is 470 g/mol. The smallest absolute Gasteiger partial charge is 0.261 e. The highest BCUT2D eigenvalue weighted by atomic mass is 16.5. The van der Waals surface area contributed by atoms with Crippen LogP contribution in [-0.4, -0.2) is 38.4 Å². The molecule has 0 aliphatic carbocycles. The molecule has 0 radical (unpaired) electrons. The molecular weight excluding hydrogens is 440 g/mol. The standard InChI is InChI=1S/C28H30N4O3/c1-18-8-10-22(11-9-18)35-17-26-30-24-6-4-5-7-25(24)32(26)21-12-14-31(15-13-21)28(34)23-16-19(2)20(3)29-27(23)33/h4-11,16,21H,12-15,17H2,1-3H3,(H,29,33). The lowest BCUT2D eigenvalue weighted by Gasteiger charge is -2.33. The predicted octanol–water partition coefficient (Wildman–Crippen LogP) is 4.71. The van der Waals surface area contributed by atoms with Crippen LogP contribution in [0.15, 0.2) is 59.4 Å². The van der Waals surface area contributed by atoms with Gasteiger partial charge >= 0.3 is 0 Å². The number of nitrogens with zero attached hydrogens (tertiary/aromatic N) is 3. The average Bonchev–Trinajstić information content (AvgIpc) is 3.24. The molecule has 0 saturated carbocycles. The summed E-state index contributed by atoms with van der Waals surface area (Å²) in [5.74, 6) is 1.49. The van der Waals surface area contributed by atoms with Crippen LogP contribution >= 0.6 is 0 Å². The van der Waals surface area contributed by atoms with E-state index in [2.05, 4.69) is 22.5 Å². The number of aromatic nitrogens is 3. The fraction of sp³-hybridized carbons (Fsp3) is 0.321. The zero-order chi connectivity index (χ0) is 24.5. The van der Waals surface area contributed by atoms with Crippen LogP contribution in [0.25, 0.3) is 11.0 Å². The number of aromatic amines is 1. The Morgan fingerprint density at radius 3 is 2.51 bits per heavy atom. The molecule has 1 saturated heterocycles. The van der Waals surface area contributed by atoms with Gasteiger partial charge in [0.25, 0.3) is 11.5 Å². The fourth-order valence-corrected chi connectivity index (χ4v) is 4.77. The fourth-order valence-electron chi connectivity index (χ4n) is 4.77. The van der Waals surface area contributed by atoms with Gasteiger partial charge in [-0.15, -0.1) is 0 Å². The molecule has 1 aliphatic rings. The second-order valence-electron chi connectivity index (χ2n) is 9.33. The van der Waals surface area contributed by atoms with Crippen LogP contribution in [0.5, 0.6) is 5.75 Å². The summed E-state index contributed by atoms with van der Waals surface area (Å²) in [7, 11) is 0. The van der Waals surface area contributed by atoms with Crippen molar-refractivity contribution in [2.24, 2.45) is 0 Å². The highest BCUT2D eigenvalue weighted by molar-refractivity contribution is 5.94. The number of para-hydroxylation sites is 2. The lowest BCUT2D eigenvalue weighted by atomic mass is 10.0. The Bertz CT molecular complexity index is 1430. The minimum absolute atomic E-state index is 0.195. The van der Waals surface area contributed by atoms with Gasteiger partial charge in [-0.3, -0.25) is 9.59 Å². The Labute approximate surface area is 204 Å². The average molecular weight is 471 g/mol. The molecule has 2 aromatic heterocycles. The van der Waals surface area contributed by atoms with Crippen molar-refractivity contribution in [3.8, 4) is 5.75 Å². The van der Waals surface area contributed by atoms with Crippen LogP contribution < -0.4 is 10.3 Å². The first-order chi connectivity index (χ1) is 16.9. The van der Waals surface area contributed by atoms with Crippen LogP contribution in [0.3, 0.4) is 0 Å². The van der Waals surface area contributed by atoms with Gasteiger partial charge in [0.2, 0.25) is 0 Å². The lowest BCUT2D eigenvalue weighted by Crippen LogP contribution is -2.41. The number of aryl methyl sites for hydroxylation is 3. The molecule has 3 heterocycles. The Morgan fingerprint density at radius 2 is 1.77 bits per heavy atom. The lowest BCUT2D eigenvalue weighted by molar-refractivity contribution is 0.0692. The maximum absolute atomic E-state index is 13.1. The van der Waals surface area contributed by atoms with Crippen LogP contribution in [0.1, 0.15) is 51.9 Å². The van der Waals surface area contributed by atoms with Crippen molar-refractivity contribution >= 4 is 16.9 Å². The number of likely N-dealkylation sites (tertiary alicyclic amines) is 1. The summed E-state index contributed by atoms with van der Waals surface area (Å²) in [6, 6.07) is 18.0. The van der Waals surface area contributed by atoms with E-state index in [9.17, 15) is 9.59 Å². The molecule has 1 N–H and O–H groups in total. The predicted molar refractivity (Wildman–Crippen MR) is 136 cm³/mol. The van der Waals surface area contributed by atoms with E-state index in [0.29, 0.717) is 19.7 Å². The molecule has 1 aliphatic heterocycles. The number of rotatable bonds is 5. The van der Waals surface area contributed by atoms with Crippen molar-refractivity contribution < 1.29 is 9.53 Å². The summed E-state index contributed by atoms with van der Waals surface area (Å²) in [5.41, 5.74) is 4.79. The molecule has 1 amide bonds. The van der Waals surface area contributed by atoms with E-state index in [-0.39, 0.29) is 23.1 Å². The Morgan fingerprint density at radius 1 is 1.06 bits per heavy atom. The third-order valence-corrected chi connectivity index (χ3v) is 6.90. The van der Waals surface area contributed by atoms with Crippen LogP contribution in [0.2, 0.25) is 0 Å². The number of pyridine rings is 1. The minimum Gasteiger partial charge on any atom is -0.486 e. The van der Waals surface area contributed by atoms with E-state index in [1.165, 1.54) is 5.56 Å².